The van der Waals surface area contributed by atoms with Crippen LogP contribution in [-0.2, 0) is 10.0 Å². The van der Waals surface area contributed by atoms with Crippen LogP contribution in [0.4, 0.5) is 0 Å². The number of hydrogen-bond donors (Lipinski definition) is 2. The van der Waals surface area contributed by atoms with E-state index in [-0.39, 0.29) is 16.6 Å². The zero-order chi connectivity index (χ0) is 13.0. The summed E-state index contributed by atoms with van der Waals surface area (Å²) in [5.74, 6) is 0.395. The summed E-state index contributed by atoms with van der Waals surface area (Å²) in [5, 5.41) is 4.89. The number of sulfonamides is 1. The molecule has 0 fully saturated rings. The van der Waals surface area contributed by atoms with E-state index in [1.54, 1.807) is 11.4 Å². The molecule has 2 heterocycles. The normalized spacial score (nSPS) is 15.5. The van der Waals surface area contributed by atoms with Gasteiger partial charge in [-0.2, -0.15) is 0 Å². The molecule has 0 aliphatic carbocycles. The SMILES string of the molecule is COc1ccsc1S(=O)(=O)NCC1=CCNCC1.Cl. The Morgan fingerprint density at radius 3 is 2.95 bits per heavy atom. The molecule has 19 heavy (non-hydrogen) atoms. The van der Waals surface area contributed by atoms with Gasteiger partial charge in [-0.1, -0.05) is 11.6 Å². The Labute approximate surface area is 123 Å². The molecule has 0 atom stereocenters. The molecule has 0 aromatic carbocycles. The first-order valence-corrected chi connectivity index (χ1v) is 7.99. The predicted octanol–water partition coefficient (Wildman–Crippen LogP) is 1.38. The molecule has 1 aliphatic heterocycles. The molecule has 0 radical (unpaired) electrons. The highest BCUT2D eigenvalue weighted by Crippen LogP contribution is 2.29. The van der Waals surface area contributed by atoms with E-state index in [1.165, 1.54) is 7.11 Å². The van der Waals surface area contributed by atoms with Gasteiger partial charge in [0.15, 0.2) is 4.21 Å². The quantitative estimate of drug-likeness (QED) is 0.803. The van der Waals surface area contributed by atoms with Crippen LogP contribution >= 0.6 is 23.7 Å². The number of ether oxygens (including phenoxy) is 1. The van der Waals surface area contributed by atoms with Crippen LogP contribution in [0.1, 0.15) is 6.42 Å². The number of halogens is 1. The lowest BCUT2D eigenvalue weighted by molar-refractivity contribution is 0.406. The molecular weight excluding hydrogens is 308 g/mol. The van der Waals surface area contributed by atoms with Gasteiger partial charge in [0.05, 0.1) is 7.11 Å². The molecule has 0 bridgehead atoms. The van der Waals surface area contributed by atoms with Crippen molar-refractivity contribution in [3.05, 3.63) is 23.1 Å². The van der Waals surface area contributed by atoms with Gasteiger partial charge < -0.3 is 10.1 Å². The Hall–Kier alpha value is -0.600. The zero-order valence-corrected chi connectivity index (χ0v) is 13.0. The Balaban J connectivity index is 0.00000180. The van der Waals surface area contributed by atoms with Gasteiger partial charge in [-0.15, -0.1) is 23.7 Å². The highest BCUT2D eigenvalue weighted by atomic mass is 35.5. The van der Waals surface area contributed by atoms with Crippen molar-refractivity contribution in [3.8, 4) is 5.75 Å². The minimum Gasteiger partial charge on any atom is -0.494 e. The molecule has 5 nitrogen and oxygen atoms in total. The van der Waals surface area contributed by atoms with Crippen molar-refractivity contribution < 1.29 is 13.2 Å². The van der Waals surface area contributed by atoms with Crippen LogP contribution in [0.15, 0.2) is 27.3 Å². The Bertz CT molecular complexity index is 540. The van der Waals surface area contributed by atoms with E-state index in [0.29, 0.717) is 12.3 Å². The average Bonchev–Trinajstić information content (AvgIpc) is 2.87. The van der Waals surface area contributed by atoms with Gasteiger partial charge in [0.25, 0.3) is 10.0 Å². The summed E-state index contributed by atoms with van der Waals surface area (Å²) in [6.07, 6.45) is 2.90. The molecule has 0 amide bonds. The van der Waals surface area contributed by atoms with E-state index in [0.717, 1.165) is 36.4 Å². The second kappa shape index (κ2) is 7.25. The fraction of sp³-hybridized carbons (Fsp3) is 0.455. The lowest BCUT2D eigenvalue weighted by Gasteiger charge is -2.14. The third kappa shape index (κ3) is 4.19. The molecular formula is C11H17ClN2O3S2. The summed E-state index contributed by atoms with van der Waals surface area (Å²) < 4.78 is 32.1. The van der Waals surface area contributed by atoms with Crippen LogP contribution in [0.25, 0.3) is 0 Å². The number of nitrogens with one attached hydrogen (secondary N) is 2. The van der Waals surface area contributed by atoms with Gasteiger partial charge in [-0.05, 0) is 24.4 Å². The van der Waals surface area contributed by atoms with Gasteiger partial charge in [0.1, 0.15) is 5.75 Å². The lowest BCUT2D eigenvalue weighted by atomic mass is 10.1. The molecule has 1 aliphatic rings. The summed E-state index contributed by atoms with van der Waals surface area (Å²) in [6.45, 7) is 2.07. The third-order valence-electron chi connectivity index (χ3n) is 2.71. The second-order valence-electron chi connectivity index (χ2n) is 3.92. The van der Waals surface area contributed by atoms with Gasteiger partial charge in [-0.25, -0.2) is 13.1 Å². The van der Waals surface area contributed by atoms with Crippen molar-refractivity contribution in [1.29, 1.82) is 0 Å². The summed E-state index contributed by atoms with van der Waals surface area (Å²) in [7, 11) is -2.01. The first-order chi connectivity index (χ1) is 8.63. The summed E-state index contributed by atoms with van der Waals surface area (Å²) >= 11 is 1.16. The Kier molecular flexibility index (Phi) is 6.28. The van der Waals surface area contributed by atoms with Crippen molar-refractivity contribution in [2.45, 2.75) is 10.6 Å². The van der Waals surface area contributed by atoms with E-state index in [4.69, 9.17) is 4.74 Å². The highest BCUT2D eigenvalue weighted by Gasteiger charge is 2.21. The van der Waals surface area contributed by atoms with E-state index < -0.39 is 10.0 Å². The van der Waals surface area contributed by atoms with Crippen LogP contribution in [-0.4, -0.2) is 35.2 Å². The van der Waals surface area contributed by atoms with Crippen LogP contribution in [0.2, 0.25) is 0 Å². The smallest absolute Gasteiger partial charge is 0.254 e. The van der Waals surface area contributed by atoms with Crippen LogP contribution in [0, 0.1) is 0 Å². The molecule has 108 valence electrons. The minimum atomic E-state index is -3.48. The van der Waals surface area contributed by atoms with E-state index in [2.05, 4.69) is 10.0 Å². The predicted molar refractivity (Wildman–Crippen MR) is 78.9 cm³/mol. The van der Waals surface area contributed by atoms with E-state index >= 15 is 0 Å². The van der Waals surface area contributed by atoms with Crippen LogP contribution in [0.5, 0.6) is 5.75 Å². The molecule has 2 rings (SSSR count). The molecule has 8 heteroatoms. The Morgan fingerprint density at radius 1 is 1.53 bits per heavy atom. The van der Waals surface area contributed by atoms with Gasteiger partial charge in [0, 0.05) is 13.1 Å². The maximum absolute atomic E-state index is 12.1. The maximum atomic E-state index is 12.1. The van der Waals surface area contributed by atoms with E-state index in [9.17, 15) is 8.42 Å². The summed E-state index contributed by atoms with van der Waals surface area (Å²) in [5.41, 5.74) is 1.12. The monoisotopic (exact) mass is 324 g/mol. The Morgan fingerprint density at radius 2 is 2.32 bits per heavy atom. The number of thiophene rings is 1. The van der Waals surface area contributed by atoms with Crippen molar-refractivity contribution in [1.82, 2.24) is 10.0 Å². The summed E-state index contributed by atoms with van der Waals surface area (Å²) in [4.78, 5) is 0. The first-order valence-electron chi connectivity index (χ1n) is 5.63. The second-order valence-corrected chi connectivity index (χ2v) is 6.80. The van der Waals surface area contributed by atoms with Crippen molar-refractivity contribution in [3.63, 3.8) is 0 Å². The van der Waals surface area contributed by atoms with Crippen molar-refractivity contribution in [2.75, 3.05) is 26.7 Å². The highest BCUT2D eigenvalue weighted by molar-refractivity contribution is 7.91. The largest absolute Gasteiger partial charge is 0.494 e. The number of hydrogen-bond acceptors (Lipinski definition) is 5. The van der Waals surface area contributed by atoms with Crippen LogP contribution < -0.4 is 14.8 Å². The molecule has 1 aromatic heterocycles. The summed E-state index contributed by atoms with van der Waals surface area (Å²) in [6, 6.07) is 1.66. The van der Waals surface area contributed by atoms with Gasteiger partial charge in [-0.3, -0.25) is 0 Å². The van der Waals surface area contributed by atoms with E-state index in [1.807, 2.05) is 6.08 Å². The molecule has 1 aromatic rings. The molecule has 0 spiro atoms. The topological polar surface area (TPSA) is 67.4 Å². The fourth-order valence-corrected chi connectivity index (χ4v) is 4.07. The minimum absolute atomic E-state index is 0. The zero-order valence-electron chi connectivity index (χ0n) is 10.5. The maximum Gasteiger partial charge on any atom is 0.254 e. The lowest BCUT2D eigenvalue weighted by Crippen LogP contribution is -2.29. The van der Waals surface area contributed by atoms with Crippen LogP contribution in [0.3, 0.4) is 0 Å². The van der Waals surface area contributed by atoms with Crippen molar-refractivity contribution in [2.24, 2.45) is 0 Å². The van der Waals surface area contributed by atoms with Gasteiger partial charge in [0.2, 0.25) is 0 Å². The molecule has 0 saturated heterocycles. The molecule has 0 unspecified atom stereocenters. The molecule has 0 saturated carbocycles. The fourth-order valence-electron chi connectivity index (χ4n) is 1.71. The number of methoxy groups -OCH3 is 1. The standard InChI is InChI=1S/C11H16N2O3S2.ClH/c1-16-10-4-7-17-11(10)18(14,15)13-8-9-2-5-12-6-3-9;/h2,4,7,12-13H,3,5-6,8H2,1H3;1H. The van der Waals surface area contributed by atoms with Gasteiger partial charge >= 0.3 is 0 Å². The number of rotatable bonds is 5. The first kappa shape index (κ1) is 16.5. The molecule has 2 N–H and O–H groups in total. The average molecular weight is 325 g/mol. The van der Waals surface area contributed by atoms with Crippen molar-refractivity contribution >= 4 is 33.8 Å². The third-order valence-corrected chi connectivity index (χ3v) is 5.55.